The van der Waals surface area contributed by atoms with Gasteiger partial charge >= 0.3 is 0 Å². The standard InChI is InChI=1S/C14H21N5O3/c1-2-3-11-16-13(18-17-11)10-8-19(6-7-22-10)14(21)9-4-5-12(20)15-9/h9-10H,2-8H2,1H3,(H,15,20)(H,16,17,18)/t9-,10+/m0/s1. The van der Waals surface area contributed by atoms with Crippen molar-refractivity contribution in [2.24, 2.45) is 0 Å². The topological polar surface area (TPSA) is 100 Å². The highest BCUT2D eigenvalue weighted by Crippen LogP contribution is 2.21. The number of amides is 2. The van der Waals surface area contributed by atoms with Crippen molar-refractivity contribution in [3.63, 3.8) is 0 Å². The Morgan fingerprint density at radius 3 is 3.09 bits per heavy atom. The van der Waals surface area contributed by atoms with Gasteiger partial charge in [-0.05, 0) is 12.8 Å². The Morgan fingerprint density at radius 1 is 1.50 bits per heavy atom. The van der Waals surface area contributed by atoms with Gasteiger partial charge in [-0.3, -0.25) is 14.7 Å². The second-order valence-electron chi connectivity index (χ2n) is 5.69. The van der Waals surface area contributed by atoms with Crippen LogP contribution in [0.5, 0.6) is 0 Å². The average molecular weight is 307 g/mol. The molecule has 2 amide bonds. The molecule has 2 atom stereocenters. The van der Waals surface area contributed by atoms with E-state index in [0.29, 0.717) is 38.4 Å². The van der Waals surface area contributed by atoms with E-state index in [4.69, 9.17) is 4.74 Å². The summed E-state index contributed by atoms with van der Waals surface area (Å²) >= 11 is 0. The fraction of sp³-hybridized carbons (Fsp3) is 0.714. The molecule has 0 spiro atoms. The summed E-state index contributed by atoms with van der Waals surface area (Å²) < 4.78 is 5.69. The maximum absolute atomic E-state index is 12.4. The largest absolute Gasteiger partial charge is 0.366 e. The predicted molar refractivity (Wildman–Crippen MR) is 76.8 cm³/mol. The Morgan fingerprint density at radius 2 is 2.36 bits per heavy atom. The third-order valence-corrected chi connectivity index (χ3v) is 4.00. The van der Waals surface area contributed by atoms with E-state index in [1.54, 1.807) is 4.90 Å². The molecule has 3 rings (SSSR count). The summed E-state index contributed by atoms with van der Waals surface area (Å²) in [6.45, 7) is 3.49. The molecule has 0 radical (unpaired) electrons. The van der Waals surface area contributed by atoms with Crippen molar-refractivity contribution in [1.82, 2.24) is 25.4 Å². The molecule has 3 heterocycles. The number of H-pyrrole nitrogens is 1. The second-order valence-corrected chi connectivity index (χ2v) is 5.69. The molecule has 2 fully saturated rings. The van der Waals surface area contributed by atoms with Gasteiger partial charge in [0.2, 0.25) is 11.8 Å². The van der Waals surface area contributed by atoms with Gasteiger partial charge in [0, 0.05) is 19.4 Å². The highest BCUT2D eigenvalue weighted by atomic mass is 16.5. The van der Waals surface area contributed by atoms with E-state index in [1.807, 2.05) is 0 Å². The average Bonchev–Trinajstić information content (AvgIpc) is 3.16. The molecule has 2 aliphatic rings. The minimum atomic E-state index is -0.394. The monoisotopic (exact) mass is 307 g/mol. The molecule has 8 nitrogen and oxygen atoms in total. The summed E-state index contributed by atoms with van der Waals surface area (Å²) in [5.41, 5.74) is 0. The van der Waals surface area contributed by atoms with Crippen molar-refractivity contribution in [1.29, 1.82) is 0 Å². The number of rotatable bonds is 4. The van der Waals surface area contributed by atoms with E-state index in [1.165, 1.54) is 0 Å². The molecule has 120 valence electrons. The summed E-state index contributed by atoms with van der Waals surface area (Å²) in [6, 6.07) is -0.394. The lowest BCUT2D eigenvalue weighted by Crippen LogP contribution is -2.49. The number of aromatic nitrogens is 3. The van der Waals surface area contributed by atoms with Crippen LogP contribution >= 0.6 is 0 Å². The van der Waals surface area contributed by atoms with Crippen molar-refractivity contribution in [2.45, 2.75) is 44.8 Å². The number of ether oxygens (including phenoxy) is 1. The SMILES string of the molecule is CCCc1nc([C@H]2CN(C(=O)[C@@H]3CCC(=O)N3)CCO2)n[nH]1. The fourth-order valence-electron chi connectivity index (χ4n) is 2.83. The van der Waals surface area contributed by atoms with Crippen molar-refractivity contribution in [3.8, 4) is 0 Å². The first-order valence-corrected chi connectivity index (χ1v) is 7.78. The van der Waals surface area contributed by atoms with Crippen LogP contribution in [-0.2, 0) is 20.7 Å². The first kappa shape index (κ1) is 15.0. The van der Waals surface area contributed by atoms with Crippen LogP contribution in [0.2, 0.25) is 0 Å². The third kappa shape index (κ3) is 3.11. The lowest BCUT2D eigenvalue weighted by Gasteiger charge is -2.33. The normalized spacial score (nSPS) is 25.3. The van der Waals surface area contributed by atoms with Crippen LogP contribution in [0.25, 0.3) is 0 Å². The molecule has 0 aliphatic carbocycles. The van der Waals surface area contributed by atoms with E-state index >= 15 is 0 Å². The fourth-order valence-corrected chi connectivity index (χ4v) is 2.83. The summed E-state index contributed by atoms with van der Waals surface area (Å²) in [5.74, 6) is 1.34. The van der Waals surface area contributed by atoms with Gasteiger partial charge in [-0.1, -0.05) is 6.92 Å². The van der Waals surface area contributed by atoms with Gasteiger partial charge in [0.15, 0.2) is 5.82 Å². The Hall–Kier alpha value is -1.96. The molecule has 0 aromatic carbocycles. The van der Waals surface area contributed by atoms with Crippen molar-refractivity contribution >= 4 is 11.8 Å². The van der Waals surface area contributed by atoms with Gasteiger partial charge < -0.3 is 15.0 Å². The molecule has 1 aromatic heterocycles. The molecule has 2 saturated heterocycles. The third-order valence-electron chi connectivity index (χ3n) is 4.00. The Labute approximate surface area is 128 Å². The molecule has 0 saturated carbocycles. The van der Waals surface area contributed by atoms with Gasteiger partial charge in [0.05, 0.1) is 13.2 Å². The maximum Gasteiger partial charge on any atom is 0.245 e. The number of nitrogens with one attached hydrogen (secondary N) is 2. The quantitative estimate of drug-likeness (QED) is 0.811. The number of hydrogen-bond donors (Lipinski definition) is 2. The molecule has 22 heavy (non-hydrogen) atoms. The van der Waals surface area contributed by atoms with E-state index in [0.717, 1.165) is 18.7 Å². The maximum atomic E-state index is 12.4. The highest BCUT2D eigenvalue weighted by molar-refractivity contribution is 5.90. The Bertz CT molecular complexity index is 558. The minimum absolute atomic E-state index is 0.0385. The molecule has 2 N–H and O–H groups in total. The van der Waals surface area contributed by atoms with Crippen molar-refractivity contribution < 1.29 is 14.3 Å². The minimum Gasteiger partial charge on any atom is -0.366 e. The number of morpholine rings is 1. The number of carbonyl (C=O) groups is 2. The van der Waals surface area contributed by atoms with Gasteiger partial charge in [0.25, 0.3) is 0 Å². The highest BCUT2D eigenvalue weighted by Gasteiger charge is 2.34. The lowest BCUT2D eigenvalue weighted by atomic mass is 10.1. The molecule has 0 bridgehead atoms. The zero-order valence-electron chi connectivity index (χ0n) is 12.7. The van der Waals surface area contributed by atoms with Crippen LogP contribution in [0.1, 0.15) is 43.9 Å². The van der Waals surface area contributed by atoms with Gasteiger partial charge in [0.1, 0.15) is 18.0 Å². The van der Waals surface area contributed by atoms with Crippen LogP contribution in [0.3, 0.4) is 0 Å². The molecule has 8 heteroatoms. The van der Waals surface area contributed by atoms with Crippen molar-refractivity contribution in [2.75, 3.05) is 19.7 Å². The predicted octanol–water partition coefficient (Wildman–Crippen LogP) is -0.0643. The van der Waals surface area contributed by atoms with Gasteiger partial charge in [-0.25, -0.2) is 4.98 Å². The molecular weight excluding hydrogens is 286 g/mol. The summed E-state index contributed by atoms with van der Waals surface area (Å²) in [5, 5.41) is 9.82. The lowest BCUT2D eigenvalue weighted by molar-refractivity contribution is -0.142. The number of hydrogen-bond acceptors (Lipinski definition) is 5. The molecular formula is C14H21N5O3. The number of carbonyl (C=O) groups excluding carboxylic acids is 2. The van der Waals surface area contributed by atoms with E-state index in [2.05, 4.69) is 27.4 Å². The van der Waals surface area contributed by atoms with E-state index in [-0.39, 0.29) is 17.9 Å². The van der Waals surface area contributed by atoms with Crippen LogP contribution in [0.15, 0.2) is 0 Å². The smallest absolute Gasteiger partial charge is 0.245 e. The van der Waals surface area contributed by atoms with E-state index < -0.39 is 6.04 Å². The first-order chi connectivity index (χ1) is 10.7. The molecule has 2 aliphatic heterocycles. The van der Waals surface area contributed by atoms with Crippen LogP contribution < -0.4 is 5.32 Å². The zero-order valence-corrected chi connectivity index (χ0v) is 12.7. The second kappa shape index (κ2) is 6.43. The van der Waals surface area contributed by atoms with Gasteiger partial charge in [-0.2, -0.15) is 5.10 Å². The summed E-state index contributed by atoms with van der Waals surface area (Å²) in [6.07, 6.45) is 2.52. The van der Waals surface area contributed by atoms with Crippen LogP contribution in [0, 0.1) is 0 Å². The number of aromatic amines is 1. The Kier molecular flexibility index (Phi) is 4.37. The number of nitrogens with zero attached hydrogens (tertiary/aromatic N) is 3. The summed E-state index contributed by atoms with van der Waals surface area (Å²) in [4.78, 5) is 29.9. The van der Waals surface area contributed by atoms with Crippen LogP contribution in [0.4, 0.5) is 0 Å². The Balaban J connectivity index is 1.63. The van der Waals surface area contributed by atoms with E-state index in [9.17, 15) is 9.59 Å². The molecule has 0 unspecified atom stereocenters. The molecule has 1 aromatic rings. The van der Waals surface area contributed by atoms with Crippen molar-refractivity contribution in [3.05, 3.63) is 11.6 Å². The van der Waals surface area contributed by atoms with Gasteiger partial charge in [-0.15, -0.1) is 0 Å². The first-order valence-electron chi connectivity index (χ1n) is 7.78. The van der Waals surface area contributed by atoms with Crippen LogP contribution in [-0.4, -0.2) is 57.6 Å². The summed E-state index contributed by atoms with van der Waals surface area (Å²) in [7, 11) is 0. The number of aryl methyl sites for hydroxylation is 1. The zero-order chi connectivity index (χ0) is 15.5.